The average molecular weight is 1130 g/mol. The first-order valence-corrected chi connectivity index (χ1v) is 25.8. The summed E-state index contributed by atoms with van der Waals surface area (Å²) in [6.45, 7) is -1.34. The van der Waals surface area contributed by atoms with E-state index in [9.17, 15) is 33.6 Å². The van der Waals surface area contributed by atoms with Crippen molar-refractivity contribution in [1.82, 2.24) is 0 Å². The number of alkyl halides is 1. The van der Waals surface area contributed by atoms with Gasteiger partial charge in [-0.2, -0.15) is 0 Å². The molecule has 9 rings (SSSR count). The maximum Gasteiger partial charge on any atom is 0.338 e. The van der Waals surface area contributed by atoms with Gasteiger partial charge < -0.3 is 47.4 Å². The summed E-state index contributed by atoms with van der Waals surface area (Å²) in [6.07, 6.45) is -15.7. The number of hydrogen-bond acceptors (Lipinski definition) is 17. The van der Waals surface area contributed by atoms with Crippen molar-refractivity contribution in [3.05, 3.63) is 251 Å². The summed E-state index contributed by atoms with van der Waals surface area (Å²) in [5.74, 6) is -6.33. The Morgan fingerprint density at radius 1 is 0.304 bits per heavy atom. The van der Waals surface area contributed by atoms with E-state index in [0.29, 0.717) is 0 Å². The molecule has 0 aromatic heterocycles. The van der Waals surface area contributed by atoms with Crippen molar-refractivity contribution in [1.29, 1.82) is 0 Å². The van der Waals surface area contributed by atoms with Crippen molar-refractivity contribution in [2.75, 3.05) is 13.2 Å². The van der Waals surface area contributed by atoms with Gasteiger partial charge in [0.25, 0.3) is 0 Å². The molecule has 0 amide bonds. The predicted molar refractivity (Wildman–Crippen MR) is 283 cm³/mol. The summed E-state index contributed by atoms with van der Waals surface area (Å²) in [6, 6.07) is 55.1. The zero-order chi connectivity index (χ0) is 55.1. The van der Waals surface area contributed by atoms with E-state index in [4.69, 9.17) is 47.4 Å². The number of carbonyl (C=O) groups excluding carboxylic acids is 7. The van der Waals surface area contributed by atoms with Gasteiger partial charge >= 0.3 is 41.8 Å². The van der Waals surface area contributed by atoms with Crippen LogP contribution in [0.2, 0.25) is 0 Å². The van der Waals surface area contributed by atoms with Crippen LogP contribution in [-0.4, -0.2) is 115 Å². The molecule has 2 heterocycles. The molecule has 79 heavy (non-hydrogen) atoms. The molecule has 2 saturated heterocycles. The van der Waals surface area contributed by atoms with E-state index in [-0.39, 0.29) is 38.9 Å². The monoisotopic (exact) mass is 1130 g/mol. The van der Waals surface area contributed by atoms with Crippen LogP contribution in [0, 0.1) is 0 Å². The maximum atomic E-state index is 14.5. The molecule has 0 bridgehead atoms. The number of benzene rings is 7. The Morgan fingerprint density at radius 3 is 0.886 bits per heavy atom. The molecule has 10 atom stereocenters. The van der Waals surface area contributed by atoms with Crippen molar-refractivity contribution in [2.45, 2.75) is 60.1 Å². The standard InChI is InChI=1S/C61H49BrO17/c62-53-51(77-59(68)43-32-18-6-19-33-43)49(75-57(66)41-28-14-4-15-29-41)48(45(72-53)36-70-54(63)38-22-8-1-9-23-38)79-61-52(78-60(69)44-34-20-7-21-35-44)50(76-58(67)42-30-16-5-17-31-42)47(74-56(65)40-26-12-3-13-27-40)46(73-61)37-71-55(64)39-24-10-2-11-25-39/h1-35,45-53,61H,36-37H2. The average Bonchev–Trinajstić information content (AvgIpc) is 3.51. The molecule has 2 fully saturated rings. The topological polar surface area (TPSA) is 212 Å². The Kier molecular flexibility index (Phi) is 18.4. The van der Waals surface area contributed by atoms with E-state index in [0.717, 1.165) is 0 Å². The van der Waals surface area contributed by atoms with Crippen LogP contribution in [0.15, 0.2) is 212 Å². The lowest BCUT2D eigenvalue weighted by Crippen LogP contribution is -2.66. The number of rotatable bonds is 18. The van der Waals surface area contributed by atoms with Crippen LogP contribution in [-0.2, 0) is 47.4 Å². The third-order valence-corrected chi connectivity index (χ3v) is 13.2. The maximum absolute atomic E-state index is 14.5. The van der Waals surface area contributed by atoms with Gasteiger partial charge in [0, 0.05) is 0 Å². The molecule has 0 aliphatic carbocycles. The van der Waals surface area contributed by atoms with Gasteiger partial charge in [-0.05, 0) is 84.9 Å². The molecule has 0 radical (unpaired) electrons. The molecule has 2 aliphatic rings. The lowest BCUT2D eigenvalue weighted by molar-refractivity contribution is -0.334. The van der Waals surface area contributed by atoms with Crippen LogP contribution in [0.5, 0.6) is 0 Å². The molecule has 10 unspecified atom stereocenters. The summed E-state index contributed by atoms with van der Waals surface area (Å²) < 4.78 is 63.0. The van der Waals surface area contributed by atoms with Gasteiger partial charge in [-0.25, -0.2) is 33.6 Å². The molecular weight excluding hydrogens is 1080 g/mol. The van der Waals surface area contributed by atoms with Crippen LogP contribution in [0.3, 0.4) is 0 Å². The Balaban J connectivity index is 1.18. The molecule has 7 aromatic rings. The summed E-state index contributed by atoms with van der Waals surface area (Å²) in [5, 5.41) is -1.31. The summed E-state index contributed by atoms with van der Waals surface area (Å²) in [4.78, 5) is 98.9. The molecule has 0 spiro atoms. The fraction of sp³-hybridized carbons (Fsp3) is 0.197. The van der Waals surface area contributed by atoms with Crippen molar-refractivity contribution in [2.24, 2.45) is 0 Å². The smallest absolute Gasteiger partial charge is 0.338 e. The number of halogens is 1. The minimum atomic E-state index is -2.01. The van der Waals surface area contributed by atoms with Gasteiger partial charge in [0.1, 0.15) is 31.5 Å². The minimum absolute atomic E-state index is 0.0162. The first kappa shape index (κ1) is 55.0. The lowest BCUT2D eigenvalue weighted by atomic mass is 9.96. The third-order valence-electron chi connectivity index (χ3n) is 12.5. The SMILES string of the molecule is O=C(OCC1OC(Br)C(OC(=O)c2ccccc2)C(OC(=O)c2ccccc2)C1OC1OC(COC(=O)c2ccccc2)C(OC(=O)c2ccccc2)C(OC(=O)c2ccccc2)C1OC(=O)c1ccccc1)c1ccccc1. The Hall–Kier alpha value is -8.81. The number of ether oxygens (including phenoxy) is 10. The number of hydrogen-bond donors (Lipinski definition) is 0. The van der Waals surface area contributed by atoms with Crippen molar-refractivity contribution in [3.63, 3.8) is 0 Å². The van der Waals surface area contributed by atoms with Gasteiger partial charge in [-0.3, -0.25) is 0 Å². The summed E-state index contributed by atoms with van der Waals surface area (Å²) >= 11 is 3.49. The quantitative estimate of drug-likeness (QED) is 0.0445. The second-order valence-corrected chi connectivity index (χ2v) is 18.7. The first-order valence-electron chi connectivity index (χ1n) is 24.9. The van der Waals surface area contributed by atoms with Crippen LogP contribution in [0.1, 0.15) is 72.5 Å². The minimum Gasteiger partial charge on any atom is -0.459 e. The van der Waals surface area contributed by atoms with Gasteiger partial charge in [0.15, 0.2) is 41.8 Å². The Bertz CT molecular complexity index is 3170. The van der Waals surface area contributed by atoms with Gasteiger partial charge in [-0.1, -0.05) is 143 Å². The summed E-state index contributed by atoms with van der Waals surface area (Å²) in [7, 11) is 0. The molecule has 7 aromatic carbocycles. The van der Waals surface area contributed by atoms with E-state index in [1.807, 2.05) is 0 Å². The highest BCUT2D eigenvalue weighted by atomic mass is 79.9. The van der Waals surface area contributed by atoms with Crippen LogP contribution in [0.25, 0.3) is 0 Å². The van der Waals surface area contributed by atoms with Gasteiger partial charge in [0.2, 0.25) is 0 Å². The summed E-state index contributed by atoms with van der Waals surface area (Å²) in [5.41, 5.74) is 0.594. The van der Waals surface area contributed by atoms with E-state index in [1.165, 1.54) is 84.9 Å². The van der Waals surface area contributed by atoms with E-state index in [1.54, 1.807) is 127 Å². The van der Waals surface area contributed by atoms with Crippen LogP contribution < -0.4 is 0 Å². The molecule has 18 heteroatoms. The molecule has 0 N–H and O–H groups in total. The van der Waals surface area contributed by atoms with Crippen molar-refractivity contribution < 1.29 is 80.9 Å². The van der Waals surface area contributed by atoms with E-state index in [2.05, 4.69) is 15.9 Å². The second kappa shape index (κ2) is 26.5. The van der Waals surface area contributed by atoms with Gasteiger partial charge in [-0.15, -0.1) is 0 Å². The molecule has 17 nitrogen and oxygen atoms in total. The zero-order valence-electron chi connectivity index (χ0n) is 41.7. The fourth-order valence-corrected chi connectivity index (χ4v) is 9.25. The normalized spacial score (nSPS) is 22.4. The third kappa shape index (κ3) is 14.0. The molecule has 402 valence electrons. The van der Waals surface area contributed by atoms with Gasteiger partial charge in [0.05, 0.1) is 38.9 Å². The van der Waals surface area contributed by atoms with Crippen LogP contribution >= 0.6 is 15.9 Å². The number of carbonyl (C=O) groups is 7. The Morgan fingerprint density at radius 2 is 0.557 bits per heavy atom. The second-order valence-electron chi connectivity index (χ2n) is 17.8. The zero-order valence-corrected chi connectivity index (χ0v) is 43.3. The number of esters is 7. The highest BCUT2D eigenvalue weighted by Gasteiger charge is 2.58. The van der Waals surface area contributed by atoms with Crippen molar-refractivity contribution >= 4 is 57.7 Å². The largest absolute Gasteiger partial charge is 0.459 e. The van der Waals surface area contributed by atoms with Crippen LogP contribution in [0.4, 0.5) is 0 Å². The molecule has 0 saturated carbocycles. The fourth-order valence-electron chi connectivity index (χ4n) is 8.56. The highest BCUT2D eigenvalue weighted by molar-refractivity contribution is 9.09. The van der Waals surface area contributed by atoms with E-state index < -0.39 is 115 Å². The van der Waals surface area contributed by atoms with E-state index >= 15 is 0 Å². The molecular formula is C61H49BrO17. The van der Waals surface area contributed by atoms with Crippen molar-refractivity contribution in [3.8, 4) is 0 Å². The Labute approximate surface area is 461 Å². The lowest BCUT2D eigenvalue weighted by Gasteiger charge is -2.48. The highest BCUT2D eigenvalue weighted by Crippen LogP contribution is 2.38. The predicted octanol–water partition coefficient (Wildman–Crippen LogP) is 9.06. The molecule has 2 aliphatic heterocycles. The first-order chi connectivity index (χ1) is 38.5.